The first kappa shape index (κ1) is 10.7. The van der Waals surface area contributed by atoms with Crippen molar-refractivity contribution in [2.24, 2.45) is 0 Å². The Hall–Kier alpha value is 0.170. The molecule has 0 aliphatic heterocycles. The number of benzene rings is 1. The lowest BCUT2D eigenvalue weighted by Gasteiger charge is -2.01. The third-order valence-corrected chi connectivity index (χ3v) is 4.46. The molecule has 0 aliphatic rings. The molecule has 74 valence electrons. The van der Waals surface area contributed by atoms with E-state index < -0.39 is 0 Å². The van der Waals surface area contributed by atoms with Crippen molar-refractivity contribution in [1.82, 2.24) is 0 Å². The summed E-state index contributed by atoms with van der Waals surface area (Å²) in [5, 5.41) is 1.25. The highest BCUT2D eigenvalue weighted by Crippen LogP contribution is 2.34. The van der Waals surface area contributed by atoms with Crippen LogP contribution in [-0.4, -0.2) is 6.26 Å². The van der Waals surface area contributed by atoms with Gasteiger partial charge in [-0.1, -0.05) is 0 Å². The quantitative estimate of drug-likeness (QED) is 0.466. The minimum absolute atomic E-state index is 0.568. The van der Waals surface area contributed by atoms with Crippen molar-refractivity contribution < 1.29 is 0 Å². The summed E-state index contributed by atoms with van der Waals surface area (Å²) in [6, 6.07) is 6.44. The third kappa shape index (κ3) is 1.91. The zero-order valence-electron chi connectivity index (χ0n) is 7.58. The van der Waals surface area contributed by atoms with Gasteiger partial charge in [-0.15, -0.1) is 47.3 Å². The predicted octanol–water partition coefficient (Wildman–Crippen LogP) is 4.65. The predicted molar refractivity (Wildman–Crippen MR) is 70.4 cm³/mol. The van der Waals surface area contributed by atoms with Gasteiger partial charge in [0.25, 0.3) is 0 Å². The van der Waals surface area contributed by atoms with E-state index >= 15 is 0 Å². The van der Waals surface area contributed by atoms with Crippen molar-refractivity contribution in [2.75, 3.05) is 6.26 Å². The van der Waals surface area contributed by atoms with Gasteiger partial charge in [0.05, 0.1) is 4.21 Å². The highest BCUT2D eigenvalue weighted by molar-refractivity contribution is 7.98. The van der Waals surface area contributed by atoms with Crippen molar-refractivity contribution in [3.8, 4) is 0 Å². The average molecular weight is 261 g/mol. The Morgan fingerprint density at radius 3 is 2.86 bits per heavy atom. The summed E-state index contributed by atoms with van der Waals surface area (Å²) in [5.74, 6) is 0.568. The summed E-state index contributed by atoms with van der Waals surface area (Å²) in [7, 11) is 0. The first-order valence-electron chi connectivity index (χ1n) is 4.10. The Kier molecular flexibility index (Phi) is 3.32. The molecule has 0 amide bonds. The van der Waals surface area contributed by atoms with Gasteiger partial charge in [-0.05, 0) is 35.4 Å². The smallest absolute Gasteiger partial charge is 0.0580 e. The van der Waals surface area contributed by atoms with E-state index in [9.17, 15) is 0 Å². The van der Waals surface area contributed by atoms with Crippen LogP contribution in [-0.2, 0) is 5.88 Å². The van der Waals surface area contributed by atoms with Gasteiger partial charge in [0.15, 0.2) is 0 Å². The van der Waals surface area contributed by atoms with E-state index in [-0.39, 0.29) is 0 Å². The van der Waals surface area contributed by atoms with Gasteiger partial charge >= 0.3 is 0 Å². The Bertz CT molecular complexity index is 462. The van der Waals surface area contributed by atoms with E-state index in [2.05, 4.69) is 37.1 Å². The molecule has 0 atom stereocenters. The van der Waals surface area contributed by atoms with Gasteiger partial charge in [-0.25, -0.2) is 0 Å². The van der Waals surface area contributed by atoms with E-state index in [1.807, 2.05) is 0 Å². The number of halogens is 1. The molecule has 1 aromatic heterocycles. The normalized spacial score (nSPS) is 11.1. The highest BCUT2D eigenvalue weighted by atomic mass is 35.5. The zero-order chi connectivity index (χ0) is 10.1. The molecule has 14 heavy (non-hydrogen) atoms. The minimum atomic E-state index is 0.568. The molecular weight excluding hydrogens is 252 g/mol. The van der Waals surface area contributed by atoms with Crippen LogP contribution in [0.25, 0.3) is 10.1 Å². The number of hydrogen-bond acceptors (Lipinski definition) is 3. The number of hydrogen-bond donors (Lipinski definition) is 1. The molecule has 0 aliphatic carbocycles. The Balaban J connectivity index is 2.72. The van der Waals surface area contributed by atoms with Crippen molar-refractivity contribution in [3.63, 3.8) is 0 Å². The number of alkyl halides is 1. The number of thiol groups is 1. The van der Waals surface area contributed by atoms with E-state index in [0.29, 0.717) is 5.88 Å². The summed E-state index contributed by atoms with van der Waals surface area (Å²) in [4.78, 5) is 1.26. The summed E-state index contributed by atoms with van der Waals surface area (Å²) in [6.45, 7) is 0. The fourth-order valence-electron chi connectivity index (χ4n) is 1.40. The standard InChI is InChI=1S/C10H9ClS3/c1-13-8-2-6-4-9(12)14-10(6)7(3-8)5-11/h2-4,12H,5H2,1H3. The Morgan fingerprint density at radius 2 is 2.21 bits per heavy atom. The first-order valence-corrected chi connectivity index (χ1v) is 7.12. The summed E-state index contributed by atoms with van der Waals surface area (Å²) < 4.78 is 2.31. The molecule has 0 bridgehead atoms. The number of rotatable bonds is 2. The fraction of sp³-hybridized carbons (Fsp3) is 0.200. The maximum Gasteiger partial charge on any atom is 0.0580 e. The second kappa shape index (κ2) is 4.35. The van der Waals surface area contributed by atoms with Crippen molar-refractivity contribution in [2.45, 2.75) is 15.0 Å². The van der Waals surface area contributed by atoms with Crippen LogP contribution < -0.4 is 0 Å². The molecule has 4 heteroatoms. The lowest BCUT2D eigenvalue weighted by atomic mass is 10.2. The first-order chi connectivity index (χ1) is 6.74. The minimum Gasteiger partial charge on any atom is -0.133 e. The van der Waals surface area contributed by atoms with Gasteiger partial charge in [0, 0.05) is 15.5 Å². The average Bonchev–Trinajstić information content (AvgIpc) is 2.56. The highest BCUT2D eigenvalue weighted by Gasteiger charge is 2.06. The molecule has 0 N–H and O–H groups in total. The van der Waals surface area contributed by atoms with Crippen LogP contribution >= 0.6 is 47.3 Å². The Labute approximate surface area is 102 Å². The van der Waals surface area contributed by atoms with E-state index in [4.69, 9.17) is 11.6 Å². The fourth-order valence-corrected chi connectivity index (χ4v) is 3.50. The molecule has 1 heterocycles. The van der Waals surface area contributed by atoms with Gasteiger partial charge < -0.3 is 0 Å². The van der Waals surface area contributed by atoms with Crippen LogP contribution in [0.1, 0.15) is 5.56 Å². The van der Waals surface area contributed by atoms with Crippen LogP contribution in [0.2, 0.25) is 0 Å². The molecule has 0 saturated heterocycles. The second-order valence-electron chi connectivity index (χ2n) is 2.92. The van der Waals surface area contributed by atoms with E-state index in [1.54, 1.807) is 23.1 Å². The molecular formula is C10H9ClS3. The van der Waals surface area contributed by atoms with Crippen molar-refractivity contribution >= 4 is 57.4 Å². The van der Waals surface area contributed by atoms with Gasteiger partial charge in [-0.2, -0.15) is 0 Å². The molecule has 0 radical (unpaired) electrons. The number of fused-ring (bicyclic) bond motifs is 1. The molecule has 2 aromatic rings. The second-order valence-corrected chi connectivity index (χ2v) is 5.91. The monoisotopic (exact) mass is 260 g/mol. The summed E-state index contributed by atoms with van der Waals surface area (Å²) >= 11 is 13.7. The van der Waals surface area contributed by atoms with E-state index in [1.165, 1.54) is 20.5 Å². The van der Waals surface area contributed by atoms with Gasteiger partial charge in [0.1, 0.15) is 0 Å². The van der Waals surface area contributed by atoms with Crippen LogP contribution in [0.5, 0.6) is 0 Å². The number of thioether (sulfide) groups is 1. The maximum absolute atomic E-state index is 5.92. The van der Waals surface area contributed by atoms with Crippen LogP contribution in [0, 0.1) is 0 Å². The summed E-state index contributed by atoms with van der Waals surface area (Å²) in [6.07, 6.45) is 2.08. The number of thiophene rings is 1. The molecule has 0 spiro atoms. The van der Waals surface area contributed by atoms with Crippen molar-refractivity contribution in [3.05, 3.63) is 23.8 Å². The molecule has 1 aromatic carbocycles. The van der Waals surface area contributed by atoms with Crippen molar-refractivity contribution in [1.29, 1.82) is 0 Å². The topological polar surface area (TPSA) is 0 Å². The van der Waals surface area contributed by atoms with Crippen LogP contribution in [0.3, 0.4) is 0 Å². The lowest BCUT2D eigenvalue weighted by molar-refractivity contribution is 1.38. The molecule has 0 unspecified atom stereocenters. The third-order valence-electron chi connectivity index (χ3n) is 2.03. The largest absolute Gasteiger partial charge is 0.133 e. The maximum atomic E-state index is 5.92. The van der Waals surface area contributed by atoms with Crippen LogP contribution in [0.4, 0.5) is 0 Å². The Morgan fingerprint density at radius 1 is 1.43 bits per heavy atom. The van der Waals surface area contributed by atoms with Gasteiger partial charge in [0.2, 0.25) is 0 Å². The molecule has 2 rings (SSSR count). The summed E-state index contributed by atoms with van der Waals surface area (Å²) in [5.41, 5.74) is 1.21. The van der Waals surface area contributed by atoms with Gasteiger partial charge in [-0.3, -0.25) is 0 Å². The van der Waals surface area contributed by atoms with Crippen LogP contribution in [0.15, 0.2) is 27.3 Å². The molecule has 0 nitrogen and oxygen atoms in total. The molecule has 0 saturated carbocycles. The molecule has 0 fully saturated rings. The SMILES string of the molecule is CSc1cc(CCl)c2sc(S)cc2c1. The zero-order valence-corrected chi connectivity index (χ0v) is 10.9. The lowest BCUT2D eigenvalue weighted by Crippen LogP contribution is -1.79. The van der Waals surface area contributed by atoms with E-state index in [0.717, 1.165) is 4.21 Å².